The molecular formula is C16H14N2O4. The third-order valence-corrected chi connectivity index (χ3v) is 3.28. The van der Waals surface area contributed by atoms with Crippen LogP contribution in [0.2, 0.25) is 0 Å². The highest BCUT2D eigenvalue weighted by Crippen LogP contribution is 2.31. The summed E-state index contributed by atoms with van der Waals surface area (Å²) >= 11 is 0. The lowest BCUT2D eigenvalue weighted by molar-refractivity contribution is 0.0692. The summed E-state index contributed by atoms with van der Waals surface area (Å²) in [5.41, 5.74) is 1.50. The summed E-state index contributed by atoms with van der Waals surface area (Å²) in [7, 11) is 1.51. The minimum atomic E-state index is -1.10. The highest BCUT2D eigenvalue weighted by Gasteiger charge is 2.17. The molecule has 6 heteroatoms. The Morgan fingerprint density at radius 1 is 1.27 bits per heavy atom. The lowest BCUT2D eigenvalue weighted by atomic mass is 10.2. The zero-order valence-corrected chi connectivity index (χ0v) is 11.9. The molecule has 6 nitrogen and oxygen atoms in total. The first-order valence-electron chi connectivity index (χ1n) is 6.65. The molecule has 1 heterocycles. The molecule has 0 aliphatic heterocycles. The molecule has 0 bridgehead atoms. The molecule has 0 aliphatic rings. The highest BCUT2D eigenvalue weighted by atomic mass is 16.5. The number of carboxylic acid groups (broad SMARTS) is 1. The number of nitrogens with one attached hydrogen (secondary N) is 1. The Labute approximate surface area is 126 Å². The minimum Gasteiger partial charge on any atom is -0.494 e. The van der Waals surface area contributed by atoms with E-state index < -0.39 is 5.97 Å². The lowest BCUT2D eigenvalue weighted by Gasteiger charge is -2.09. The van der Waals surface area contributed by atoms with Crippen LogP contribution < -0.4 is 9.47 Å². The first-order chi connectivity index (χ1) is 10.7. The largest absolute Gasteiger partial charge is 0.494 e. The van der Waals surface area contributed by atoms with Crippen molar-refractivity contribution >= 4 is 16.9 Å². The molecule has 0 atom stereocenters. The Balaban J connectivity index is 1.95. The maximum absolute atomic E-state index is 11.2. The molecular weight excluding hydrogens is 284 g/mol. The third-order valence-electron chi connectivity index (χ3n) is 3.28. The topological polar surface area (TPSA) is 84.4 Å². The quantitative estimate of drug-likeness (QED) is 0.756. The van der Waals surface area contributed by atoms with Crippen LogP contribution in [-0.2, 0) is 6.61 Å². The Hall–Kier alpha value is -3.02. The van der Waals surface area contributed by atoms with E-state index in [1.54, 1.807) is 12.1 Å². The van der Waals surface area contributed by atoms with E-state index >= 15 is 0 Å². The second kappa shape index (κ2) is 5.77. The van der Waals surface area contributed by atoms with Crippen molar-refractivity contribution in [3.05, 3.63) is 53.7 Å². The molecule has 1 aromatic heterocycles. The van der Waals surface area contributed by atoms with Gasteiger partial charge in [-0.15, -0.1) is 0 Å². The van der Waals surface area contributed by atoms with Gasteiger partial charge in [0.05, 0.1) is 7.11 Å². The predicted octanol–water partition coefficient (Wildman–Crippen LogP) is 2.85. The molecule has 0 radical (unpaired) electrons. The number of carboxylic acids is 1. The van der Waals surface area contributed by atoms with Crippen LogP contribution in [0.3, 0.4) is 0 Å². The Morgan fingerprint density at radius 3 is 2.73 bits per heavy atom. The average molecular weight is 298 g/mol. The van der Waals surface area contributed by atoms with E-state index in [-0.39, 0.29) is 5.69 Å². The normalized spacial score (nSPS) is 10.6. The van der Waals surface area contributed by atoms with Crippen molar-refractivity contribution in [1.82, 2.24) is 10.2 Å². The second-order valence-electron chi connectivity index (χ2n) is 4.70. The standard InChI is InChI=1S/C16H14N2O4/c1-21-13-8-11(22-9-10-5-3-2-4-6-10)7-12-14(13)17-18-15(12)16(19)20/h2-8H,9H2,1H3,(H,17,18)(H,19,20). The van der Waals surface area contributed by atoms with Gasteiger partial charge in [-0.3, -0.25) is 5.10 Å². The summed E-state index contributed by atoms with van der Waals surface area (Å²) in [5.74, 6) is -0.0915. The number of aromatic nitrogens is 2. The van der Waals surface area contributed by atoms with Gasteiger partial charge in [0.2, 0.25) is 0 Å². The van der Waals surface area contributed by atoms with Crippen molar-refractivity contribution in [1.29, 1.82) is 0 Å². The summed E-state index contributed by atoms with van der Waals surface area (Å²) in [4.78, 5) is 11.2. The third kappa shape index (κ3) is 2.58. The lowest BCUT2D eigenvalue weighted by Crippen LogP contribution is -1.98. The van der Waals surface area contributed by atoms with Crippen molar-refractivity contribution in [2.45, 2.75) is 6.61 Å². The number of aromatic amines is 1. The SMILES string of the molecule is COc1cc(OCc2ccccc2)cc2c(C(=O)O)n[nH]c12. The summed E-state index contributed by atoms with van der Waals surface area (Å²) in [5, 5.41) is 16.1. The summed E-state index contributed by atoms with van der Waals surface area (Å²) in [6, 6.07) is 13.1. The van der Waals surface area contributed by atoms with Crippen LogP contribution in [0.5, 0.6) is 11.5 Å². The zero-order valence-electron chi connectivity index (χ0n) is 11.9. The number of aromatic carboxylic acids is 1. The molecule has 0 saturated carbocycles. The van der Waals surface area contributed by atoms with E-state index in [1.165, 1.54) is 7.11 Å². The number of rotatable bonds is 5. The van der Waals surface area contributed by atoms with E-state index in [0.29, 0.717) is 29.0 Å². The fraction of sp³-hybridized carbons (Fsp3) is 0.125. The monoisotopic (exact) mass is 298 g/mol. The maximum atomic E-state index is 11.2. The Kier molecular flexibility index (Phi) is 3.65. The van der Waals surface area contributed by atoms with Gasteiger partial charge >= 0.3 is 5.97 Å². The van der Waals surface area contributed by atoms with Gasteiger partial charge in [-0.1, -0.05) is 30.3 Å². The number of fused-ring (bicyclic) bond motifs is 1. The molecule has 0 amide bonds. The van der Waals surface area contributed by atoms with E-state index in [0.717, 1.165) is 5.56 Å². The van der Waals surface area contributed by atoms with Crippen LogP contribution in [0.4, 0.5) is 0 Å². The van der Waals surface area contributed by atoms with Gasteiger partial charge in [-0.2, -0.15) is 5.10 Å². The first kappa shape index (κ1) is 13.9. The van der Waals surface area contributed by atoms with Gasteiger partial charge in [0.15, 0.2) is 5.69 Å². The van der Waals surface area contributed by atoms with Gasteiger partial charge < -0.3 is 14.6 Å². The number of ether oxygens (including phenoxy) is 2. The highest BCUT2D eigenvalue weighted by molar-refractivity contribution is 6.03. The number of hydrogen-bond donors (Lipinski definition) is 2. The van der Waals surface area contributed by atoms with Crippen LogP contribution in [0.15, 0.2) is 42.5 Å². The zero-order chi connectivity index (χ0) is 15.5. The van der Waals surface area contributed by atoms with Gasteiger partial charge in [-0.05, 0) is 11.6 Å². The average Bonchev–Trinajstić information content (AvgIpc) is 2.97. The van der Waals surface area contributed by atoms with Crippen LogP contribution in [-0.4, -0.2) is 28.4 Å². The molecule has 0 saturated heterocycles. The Bertz CT molecular complexity index is 812. The molecule has 2 N–H and O–H groups in total. The van der Waals surface area contributed by atoms with E-state index in [4.69, 9.17) is 14.6 Å². The molecule has 0 aliphatic carbocycles. The number of methoxy groups -OCH3 is 1. The molecule has 3 rings (SSSR count). The number of benzene rings is 2. The van der Waals surface area contributed by atoms with Gasteiger partial charge in [0, 0.05) is 11.5 Å². The van der Waals surface area contributed by atoms with Crippen molar-refractivity contribution < 1.29 is 19.4 Å². The number of carbonyl (C=O) groups is 1. The summed E-state index contributed by atoms with van der Waals surface area (Å²) in [6.45, 7) is 0.385. The Morgan fingerprint density at radius 2 is 2.05 bits per heavy atom. The van der Waals surface area contributed by atoms with Crippen molar-refractivity contribution in [2.75, 3.05) is 7.11 Å². The maximum Gasteiger partial charge on any atom is 0.357 e. The summed E-state index contributed by atoms with van der Waals surface area (Å²) in [6.07, 6.45) is 0. The molecule has 112 valence electrons. The first-order valence-corrected chi connectivity index (χ1v) is 6.65. The molecule has 0 fully saturated rings. The van der Waals surface area contributed by atoms with Gasteiger partial charge in [0.1, 0.15) is 23.6 Å². The van der Waals surface area contributed by atoms with E-state index in [2.05, 4.69) is 10.2 Å². The molecule has 3 aromatic rings. The fourth-order valence-corrected chi connectivity index (χ4v) is 2.21. The number of H-pyrrole nitrogens is 1. The fourth-order valence-electron chi connectivity index (χ4n) is 2.21. The van der Waals surface area contributed by atoms with Crippen LogP contribution >= 0.6 is 0 Å². The van der Waals surface area contributed by atoms with Crippen molar-refractivity contribution in [3.63, 3.8) is 0 Å². The number of hydrogen-bond acceptors (Lipinski definition) is 4. The smallest absolute Gasteiger partial charge is 0.357 e. The number of nitrogens with zero attached hydrogens (tertiary/aromatic N) is 1. The van der Waals surface area contributed by atoms with Crippen LogP contribution in [0.25, 0.3) is 10.9 Å². The molecule has 0 unspecified atom stereocenters. The molecule has 0 spiro atoms. The van der Waals surface area contributed by atoms with Gasteiger partial charge in [0.25, 0.3) is 0 Å². The van der Waals surface area contributed by atoms with Crippen LogP contribution in [0.1, 0.15) is 16.1 Å². The van der Waals surface area contributed by atoms with Crippen molar-refractivity contribution in [3.8, 4) is 11.5 Å². The van der Waals surface area contributed by atoms with Crippen LogP contribution in [0, 0.1) is 0 Å². The predicted molar refractivity (Wildman–Crippen MR) is 80.4 cm³/mol. The van der Waals surface area contributed by atoms with E-state index in [9.17, 15) is 4.79 Å². The van der Waals surface area contributed by atoms with Crippen molar-refractivity contribution in [2.24, 2.45) is 0 Å². The molecule has 22 heavy (non-hydrogen) atoms. The minimum absolute atomic E-state index is 0.0570. The molecule has 2 aromatic carbocycles. The summed E-state index contributed by atoms with van der Waals surface area (Å²) < 4.78 is 11.0. The second-order valence-corrected chi connectivity index (χ2v) is 4.70. The van der Waals surface area contributed by atoms with Gasteiger partial charge in [-0.25, -0.2) is 4.79 Å². The van der Waals surface area contributed by atoms with E-state index in [1.807, 2.05) is 30.3 Å².